The van der Waals surface area contributed by atoms with Crippen molar-refractivity contribution >= 4 is 15.8 Å². The van der Waals surface area contributed by atoms with Gasteiger partial charge in [-0.15, -0.1) is 0 Å². The SMILES string of the molecule is CCCc1cnc(C)nc1NCc1cc2n(n1)CCN(S(C)(=O)=O)C2. The molecular formula is C16H24N6O2S. The van der Waals surface area contributed by atoms with Crippen LogP contribution in [-0.2, 0) is 36.1 Å². The van der Waals surface area contributed by atoms with Gasteiger partial charge in [0.15, 0.2) is 0 Å². The Morgan fingerprint density at radius 1 is 1.32 bits per heavy atom. The van der Waals surface area contributed by atoms with E-state index in [9.17, 15) is 8.42 Å². The maximum atomic E-state index is 11.7. The van der Waals surface area contributed by atoms with Crippen LogP contribution in [0.25, 0.3) is 0 Å². The molecule has 1 N–H and O–H groups in total. The third-order valence-electron chi connectivity index (χ3n) is 4.22. The standard InChI is InChI=1S/C16H24N6O2S/c1-4-5-13-9-17-12(2)19-16(13)18-10-14-8-15-11-21(25(3,23)24)6-7-22(15)20-14/h8-9H,4-7,10-11H2,1-3H3,(H,17,18,19). The second-order valence-corrected chi connectivity index (χ2v) is 8.32. The highest BCUT2D eigenvalue weighted by Gasteiger charge is 2.24. The van der Waals surface area contributed by atoms with Crippen LogP contribution in [-0.4, -0.2) is 45.3 Å². The lowest BCUT2D eigenvalue weighted by molar-refractivity contribution is 0.328. The molecule has 3 rings (SSSR count). The fraction of sp³-hybridized carbons (Fsp3) is 0.562. The van der Waals surface area contributed by atoms with Crippen LogP contribution in [0.5, 0.6) is 0 Å². The summed E-state index contributed by atoms with van der Waals surface area (Å²) in [5.74, 6) is 1.58. The summed E-state index contributed by atoms with van der Waals surface area (Å²) in [6.45, 7) is 5.96. The Labute approximate surface area is 148 Å². The van der Waals surface area contributed by atoms with E-state index in [1.54, 1.807) is 0 Å². The summed E-state index contributed by atoms with van der Waals surface area (Å²) in [6, 6.07) is 1.96. The minimum absolute atomic E-state index is 0.375. The largest absolute Gasteiger partial charge is 0.364 e. The molecule has 0 saturated carbocycles. The minimum Gasteiger partial charge on any atom is -0.364 e. The fourth-order valence-corrected chi connectivity index (χ4v) is 3.73. The maximum Gasteiger partial charge on any atom is 0.211 e. The van der Waals surface area contributed by atoms with Gasteiger partial charge in [-0.2, -0.15) is 9.40 Å². The summed E-state index contributed by atoms with van der Waals surface area (Å²) < 4.78 is 26.8. The Morgan fingerprint density at radius 2 is 2.12 bits per heavy atom. The molecule has 3 heterocycles. The minimum atomic E-state index is -3.17. The van der Waals surface area contributed by atoms with Gasteiger partial charge in [-0.1, -0.05) is 13.3 Å². The average Bonchev–Trinajstić information content (AvgIpc) is 2.96. The molecule has 2 aromatic heterocycles. The molecule has 0 radical (unpaired) electrons. The average molecular weight is 364 g/mol. The zero-order valence-corrected chi connectivity index (χ0v) is 15.7. The summed E-state index contributed by atoms with van der Waals surface area (Å²) in [5, 5.41) is 7.92. The number of fused-ring (bicyclic) bond motifs is 1. The highest BCUT2D eigenvalue weighted by molar-refractivity contribution is 7.88. The van der Waals surface area contributed by atoms with E-state index < -0.39 is 10.0 Å². The number of anilines is 1. The lowest BCUT2D eigenvalue weighted by Gasteiger charge is -2.25. The van der Waals surface area contributed by atoms with Gasteiger partial charge in [0.2, 0.25) is 10.0 Å². The predicted molar refractivity (Wildman–Crippen MR) is 95.6 cm³/mol. The highest BCUT2D eigenvalue weighted by atomic mass is 32.2. The molecule has 2 aromatic rings. The number of hydrogen-bond donors (Lipinski definition) is 1. The molecule has 1 aliphatic rings. The molecule has 0 atom stereocenters. The molecule has 25 heavy (non-hydrogen) atoms. The monoisotopic (exact) mass is 364 g/mol. The van der Waals surface area contributed by atoms with Crippen LogP contribution in [0.1, 0.15) is 36.1 Å². The van der Waals surface area contributed by atoms with E-state index in [1.165, 1.54) is 10.6 Å². The Morgan fingerprint density at radius 3 is 2.84 bits per heavy atom. The number of sulfonamides is 1. The lowest BCUT2D eigenvalue weighted by Crippen LogP contribution is -2.37. The molecule has 136 valence electrons. The summed E-state index contributed by atoms with van der Waals surface area (Å²) in [6.07, 6.45) is 5.07. The molecule has 0 amide bonds. The van der Waals surface area contributed by atoms with Crippen molar-refractivity contribution in [2.75, 3.05) is 18.1 Å². The van der Waals surface area contributed by atoms with Crippen LogP contribution >= 0.6 is 0 Å². The van der Waals surface area contributed by atoms with E-state index in [0.29, 0.717) is 26.2 Å². The van der Waals surface area contributed by atoms with Crippen LogP contribution in [0.4, 0.5) is 5.82 Å². The lowest BCUT2D eigenvalue weighted by atomic mass is 10.2. The zero-order valence-electron chi connectivity index (χ0n) is 14.9. The van der Waals surface area contributed by atoms with Gasteiger partial charge >= 0.3 is 0 Å². The van der Waals surface area contributed by atoms with Crippen molar-refractivity contribution in [2.45, 2.75) is 46.3 Å². The number of aromatic nitrogens is 4. The Hall–Kier alpha value is -2.00. The number of nitrogens with zero attached hydrogens (tertiary/aromatic N) is 5. The molecule has 1 aliphatic heterocycles. The van der Waals surface area contributed by atoms with E-state index in [0.717, 1.165) is 41.4 Å². The Balaban J connectivity index is 1.72. The van der Waals surface area contributed by atoms with Crippen molar-refractivity contribution in [1.29, 1.82) is 0 Å². The topological polar surface area (TPSA) is 93.0 Å². The first-order valence-corrected chi connectivity index (χ1v) is 10.3. The first-order chi connectivity index (χ1) is 11.9. The molecule has 0 saturated heterocycles. The van der Waals surface area contributed by atoms with E-state index in [-0.39, 0.29) is 0 Å². The van der Waals surface area contributed by atoms with Crippen molar-refractivity contribution in [2.24, 2.45) is 0 Å². The van der Waals surface area contributed by atoms with Crippen LogP contribution in [0.2, 0.25) is 0 Å². The molecule has 0 fully saturated rings. The van der Waals surface area contributed by atoms with Crippen LogP contribution in [0, 0.1) is 6.92 Å². The number of hydrogen-bond acceptors (Lipinski definition) is 6. The van der Waals surface area contributed by atoms with Crippen LogP contribution in [0.15, 0.2) is 12.3 Å². The molecule has 0 bridgehead atoms. The van der Waals surface area contributed by atoms with Crippen molar-refractivity contribution in [3.63, 3.8) is 0 Å². The molecule has 0 aliphatic carbocycles. The third-order valence-corrected chi connectivity index (χ3v) is 5.47. The van der Waals surface area contributed by atoms with E-state index >= 15 is 0 Å². The van der Waals surface area contributed by atoms with Gasteiger partial charge in [-0.3, -0.25) is 4.68 Å². The smallest absolute Gasteiger partial charge is 0.211 e. The molecule has 0 aromatic carbocycles. The Kier molecular flexibility index (Phi) is 5.05. The van der Waals surface area contributed by atoms with Gasteiger partial charge in [-0.25, -0.2) is 18.4 Å². The van der Waals surface area contributed by atoms with E-state index in [4.69, 9.17) is 0 Å². The van der Waals surface area contributed by atoms with E-state index in [1.807, 2.05) is 23.9 Å². The third kappa shape index (κ3) is 4.16. The van der Waals surface area contributed by atoms with Crippen LogP contribution in [0.3, 0.4) is 0 Å². The summed E-state index contributed by atoms with van der Waals surface area (Å²) >= 11 is 0. The quantitative estimate of drug-likeness (QED) is 0.831. The summed E-state index contributed by atoms with van der Waals surface area (Å²) in [4.78, 5) is 8.75. The summed E-state index contributed by atoms with van der Waals surface area (Å²) in [5.41, 5.74) is 2.89. The number of rotatable bonds is 6. The normalized spacial score (nSPS) is 15.2. The first-order valence-electron chi connectivity index (χ1n) is 8.44. The molecule has 9 heteroatoms. The second kappa shape index (κ2) is 7.09. The van der Waals surface area contributed by atoms with Gasteiger partial charge in [0.1, 0.15) is 11.6 Å². The second-order valence-electron chi connectivity index (χ2n) is 6.34. The van der Waals surface area contributed by atoms with Crippen molar-refractivity contribution < 1.29 is 8.42 Å². The molecule has 8 nitrogen and oxygen atoms in total. The fourth-order valence-electron chi connectivity index (χ4n) is 2.95. The Bertz CT molecular complexity index is 862. The number of nitrogens with one attached hydrogen (secondary N) is 1. The van der Waals surface area contributed by atoms with Gasteiger partial charge in [0.25, 0.3) is 0 Å². The van der Waals surface area contributed by atoms with Crippen molar-refractivity contribution in [3.8, 4) is 0 Å². The predicted octanol–water partition coefficient (Wildman–Crippen LogP) is 1.32. The van der Waals surface area contributed by atoms with Gasteiger partial charge < -0.3 is 5.32 Å². The van der Waals surface area contributed by atoms with Crippen molar-refractivity contribution in [3.05, 3.63) is 35.0 Å². The van der Waals surface area contributed by atoms with Crippen LogP contribution < -0.4 is 5.32 Å². The van der Waals surface area contributed by atoms with E-state index in [2.05, 4.69) is 27.3 Å². The van der Waals surface area contributed by atoms with Gasteiger partial charge in [-0.05, 0) is 19.4 Å². The van der Waals surface area contributed by atoms with Gasteiger partial charge in [0, 0.05) is 18.3 Å². The molecule has 0 spiro atoms. The van der Waals surface area contributed by atoms with Gasteiger partial charge in [0.05, 0.1) is 37.3 Å². The molecular weight excluding hydrogens is 340 g/mol. The number of aryl methyl sites for hydroxylation is 2. The summed E-state index contributed by atoms with van der Waals surface area (Å²) in [7, 11) is -3.17. The highest BCUT2D eigenvalue weighted by Crippen LogP contribution is 2.18. The molecule has 0 unspecified atom stereocenters. The first kappa shape index (κ1) is 17.8. The maximum absolute atomic E-state index is 11.7. The van der Waals surface area contributed by atoms with Crippen molar-refractivity contribution in [1.82, 2.24) is 24.1 Å². The zero-order chi connectivity index (χ0) is 18.0.